The van der Waals surface area contributed by atoms with Gasteiger partial charge in [-0.3, -0.25) is 4.79 Å². The average molecular weight is 379 g/mol. The first kappa shape index (κ1) is 13.8. The van der Waals surface area contributed by atoms with Gasteiger partial charge in [0.25, 0.3) is 5.56 Å². The van der Waals surface area contributed by atoms with E-state index in [1.807, 2.05) is 47.3 Å². The van der Waals surface area contributed by atoms with E-state index < -0.39 is 0 Å². The van der Waals surface area contributed by atoms with Gasteiger partial charge in [0.05, 0.1) is 41.1 Å². The van der Waals surface area contributed by atoms with Crippen LogP contribution in [0.25, 0.3) is 11.0 Å². The summed E-state index contributed by atoms with van der Waals surface area (Å²) < 4.78 is 9.39. The van der Waals surface area contributed by atoms with Crippen molar-refractivity contribution in [2.24, 2.45) is 0 Å². The molecular weight excluding hydrogens is 365 g/mol. The molecule has 18 heavy (non-hydrogen) atoms. The topological polar surface area (TPSA) is 51.9 Å². The molecule has 0 aliphatic heterocycles. The maximum Gasteiger partial charge on any atom is 0.287 e. The molecule has 0 atom stereocenters. The van der Waals surface area contributed by atoms with E-state index in [-0.39, 0.29) is 11.7 Å². The lowest BCUT2D eigenvalue weighted by Crippen LogP contribution is -2.21. The minimum Gasteiger partial charge on any atom is -0.377 e. The molecule has 2 aromatic rings. The van der Waals surface area contributed by atoms with Crippen LogP contribution in [0.15, 0.2) is 17.1 Å². The Morgan fingerprint density at radius 3 is 2.94 bits per heavy atom. The van der Waals surface area contributed by atoms with Gasteiger partial charge >= 0.3 is 0 Å². The molecule has 0 fully saturated rings. The minimum absolute atomic E-state index is 0.110. The average Bonchev–Trinajstić information content (AvgIpc) is 2.79. The highest BCUT2D eigenvalue weighted by Crippen LogP contribution is 2.11. The molecule has 7 heteroatoms. The van der Waals surface area contributed by atoms with Gasteiger partial charge in [-0.2, -0.15) is 0 Å². The molecule has 2 aromatic heterocycles. The molecule has 1 N–H and O–H groups in total. The predicted octanol–water partition coefficient (Wildman–Crippen LogP) is 2.48. The van der Waals surface area contributed by atoms with E-state index in [1.54, 1.807) is 6.20 Å². The van der Waals surface area contributed by atoms with Crippen LogP contribution in [0.5, 0.6) is 0 Å². The van der Waals surface area contributed by atoms with E-state index in [0.717, 1.165) is 5.52 Å². The Morgan fingerprint density at radius 1 is 1.56 bits per heavy atom. The van der Waals surface area contributed by atoms with Crippen LogP contribution in [0.4, 0.5) is 0 Å². The number of nitrogens with one attached hydrogen (secondary N) is 1. The number of aromatic nitrogens is 3. The van der Waals surface area contributed by atoms with Crippen molar-refractivity contribution in [1.82, 2.24) is 12.3 Å². The highest BCUT2D eigenvalue weighted by Gasteiger charge is 2.10. The van der Waals surface area contributed by atoms with E-state index in [4.69, 9.17) is 17.0 Å². The van der Waals surface area contributed by atoms with Crippen LogP contribution >= 0.6 is 35.1 Å². The highest BCUT2D eigenvalue weighted by atomic mass is 127. The fraction of sp³-hybridized carbons (Fsp3) is 0.455. The number of nitrogens with zero attached hydrogens (tertiary/aromatic N) is 2. The second-order valence-corrected chi connectivity index (χ2v) is 5.51. The van der Waals surface area contributed by atoms with Crippen molar-refractivity contribution < 1.29 is 4.74 Å². The van der Waals surface area contributed by atoms with Crippen LogP contribution in [-0.2, 0) is 11.3 Å². The van der Waals surface area contributed by atoms with E-state index in [1.165, 1.54) is 2.78 Å². The second kappa shape index (κ2) is 5.54. The number of halogens is 1. The Morgan fingerprint density at radius 2 is 2.28 bits per heavy atom. The van der Waals surface area contributed by atoms with Gasteiger partial charge < -0.3 is 14.3 Å². The van der Waals surface area contributed by atoms with Crippen molar-refractivity contribution >= 4 is 46.1 Å². The predicted molar refractivity (Wildman–Crippen MR) is 81.9 cm³/mol. The smallest absolute Gasteiger partial charge is 0.287 e. The van der Waals surface area contributed by atoms with Crippen LogP contribution in [0.1, 0.15) is 13.8 Å². The first-order valence-corrected chi connectivity index (χ1v) is 7.00. The number of aromatic amines is 1. The molecule has 0 aliphatic carbocycles. The summed E-state index contributed by atoms with van der Waals surface area (Å²) in [4.78, 5) is 14.9. The largest absolute Gasteiger partial charge is 0.377 e. The van der Waals surface area contributed by atoms with E-state index >= 15 is 0 Å². The van der Waals surface area contributed by atoms with Crippen molar-refractivity contribution in [1.29, 1.82) is 0 Å². The van der Waals surface area contributed by atoms with Crippen molar-refractivity contribution in [3.05, 3.63) is 27.4 Å². The number of hydrogen-bond donors (Lipinski definition) is 1. The lowest BCUT2D eigenvalue weighted by molar-refractivity contribution is 0.0729. The Labute approximate surface area is 123 Å². The van der Waals surface area contributed by atoms with Gasteiger partial charge in [0.15, 0.2) is 4.77 Å². The molecular formula is C11H14IN3O2S. The van der Waals surface area contributed by atoms with Crippen LogP contribution in [0.2, 0.25) is 0 Å². The zero-order valence-corrected chi connectivity index (χ0v) is 13.1. The Bertz CT molecular complexity index is 671. The molecule has 0 amide bonds. The zero-order chi connectivity index (χ0) is 13.3. The number of ether oxygens (including phenoxy) is 1. The highest BCUT2D eigenvalue weighted by molar-refractivity contribution is 14.1. The van der Waals surface area contributed by atoms with Gasteiger partial charge in [-0.25, -0.2) is 2.78 Å². The molecule has 0 aliphatic rings. The van der Waals surface area contributed by atoms with Crippen molar-refractivity contribution in [3.63, 3.8) is 0 Å². The minimum atomic E-state index is -0.110. The number of rotatable bonds is 4. The maximum absolute atomic E-state index is 12.0. The van der Waals surface area contributed by atoms with Crippen molar-refractivity contribution in [3.8, 4) is 0 Å². The molecule has 0 saturated heterocycles. The summed E-state index contributed by atoms with van der Waals surface area (Å²) in [5.41, 5.74) is 1.29. The summed E-state index contributed by atoms with van der Waals surface area (Å²) in [7, 11) is 0. The second-order valence-electron chi connectivity index (χ2n) is 4.18. The van der Waals surface area contributed by atoms with Crippen LogP contribution in [0, 0.1) is 4.77 Å². The number of hydrogen-bond acceptors (Lipinski definition) is 3. The molecule has 0 radical (unpaired) electrons. The van der Waals surface area contributed by atoms with E-state index in [0.29, 0.717) is 23.4 Å². The standard InChI is InChI=1S/C11H14IN3O2S/c1-7(2)17-6-5-14-8-3-4-13-9(8)10(16)15(12)11(14)18/h3-4,7,13H,5-6H2,1-2H3. The third-order valence-electron chi connectivity index (χ3n) is 2.57. The Balaban J connectivity index is 2.46. The molecule has 0 unspecified atom stereocenters. The molecule has 0 saturated carbocycles. The van der Waals surface area contributed by atoms with Gasteiger partial charge in [0.1, 0.15) is 5.52 Å². The molecule has 2 rings (SSSR count). The summed E-state index contributed by atoms with van der Waals surface area (Å²) in [5.74, 6) is 0. The normalized spacial score (nSPS) is 11.6. The van der Waals surface area contributed by atoms with Crippen LogP contribution in [-0.4, -0.2) is 25.0 Å². The molecule has 5 nitrogen and oxygen atoms in total. The molecule has 0 aromatic carbocycles. The van der Waals surface area contributed by atoms with Crippen molar-refractivity contribution in [2.75, 3.05) is 6.61 Å². The van der Waals surface area contributed by atoms with Gasteiger partial charge in [-0.1, -0.05) is 0 Å². The summed E-state index contributed by atoms with van der Waals surface area (Å²) in [6.45, 7) is 5.19. The molecule has 0 bridgehead atoms. The van der Waals surface area contributed by atoms with Gasteiger partial charge in [-0.05, 0) is 32.1 Å². The van der Waals surface area contributed by atoms with E-state index in [9.17, 15) is 4.79 Å². The number of fused-ring (bicyclic) bond motifs is 1. The summed E-state index contributed by atoms with van der Waals surface area (Å²) >= 11 is 7.23. The fourth-order valence-corrected chi connectivity index (χ4v) is 2.52. The maximum atomic E-state index is 12.0. The van der Waals surface area contributed by atoms with Crippen LogP contribution < -0.4 is 5.56 Å². The third kappa shape index (κ3) is 2.52. The SMILES string of the molecule is CC(C)OCCn1c(=S)n(I)c(=O)c2[nH]ccc21. The fourth-order valence-electron chi connectivity index (χ4n) is 1.75. The summed E-state index contributed by atoms with van der Waals surface area (Å²) in [6, 6.07) is 1.86. The lowest BCUT2D eigenvalue weighted by Gasteiger charge is -2.12. The zero-order valence-electron chi connectivity index (χ0n) is 10.1. The third-order valence-corrected chi connectivity index (χ3v) is 4.20. The Hall–Kier alpha value is -0.670. The van der Waals surface area contributed by atoms with Gasteiger partial charge in [0, 0.05) is 12.7 Å². The number of H-pyrrole nitrogens is 1. The van der Waals surface area contributed by atoms with Gasteiger partial charge in [0.2, 0.25) is 0 Å². The summed E-state index contributed by atoms with van der Waals surface area (Å²) in [5, 5.41) is 0. The van der Waals surface area contributed by atoms with Crippen molar-refractivity contribution in [2.45, 2.75) is 26.5 Å². The Kier molecular flexibility index (Phi) is 4.23. The first-order valence-electron chi connectivity index (χ1n) is 5.63. The van der Waals surface area contributed by atoms with Gasteiger partial charge in [-0.15, -0.1) is 0 Å². The lowest BCUT2D eigenvalue weighted by atomic mass is 10.4. The first-order chi connectivity index (χ1) is 8.52. The van der Waals surface area contributed by atoms with E-state index in [2.05, 4.69) is 4.98 Å². The molecule has 2 heterocycles. The monoisotopic (exact) mass is 379 g/mol. The quantitative estimate of drug-likeness (QED) is 0.656. The molecule has 98 valence electrons. The van der Waals surface area contributed by atoms with Crippen LogP contribution in [0.3, 0.4) is 0 Å². The molecule has 0 spiro atoms. The summed E-state index contributed by atoms with van der Waals surface area (Å²) in [6.07, 6.45) is 1.93.